The molecule has 7 aliphatic rings. The summed E-state index contributed by atoms with van der Waals surface area (Å²) in [4.78, 5) is 20.6. The number of nitrogens with two attached hydrogens (primary N) is 1. The fraction of sp³-hybridized carbons (Fsp3) is 0.644. The Hall–Kier alpha value is -2.24. The van der Waals surface area contributed by atoms with Crippen molar-refractivity contribution < 1.29 is 14.2 Å². The van der Waals surface area contributed by atoms with Gasteiger partial charge in [-0.15, -0.1) is 0 Å². The summed E-state index contributed by atoms with van der Waals surface area (Å²) in [6.07, 6.45) is 9.57. The maximum Gasteiger partial charge on any atom is 0.184 e. The Morgan fingerprint density at radius 3 is 1.33 bits per heavy atom. The second-order valence-electron chi connectivity index (χ2n) is 17.9. The highest BCUT2D eigenvalue weighted by Gasteiger charge is 2.64. The molecule has 0 amide bonds. The largest absolute Gasteiger partial charge is 0.382 e. The highest BCUT2D eigenvalue weighted by atomic mass is 79.9. The van der Waals surface area contributed by atoms with Crippen molar-refractivity contribution in [2.75, 3.05) is 27.4 Å². The number of methoxy groups -OCH3 is 2. The number of fused-ring (bicyclic) bond motifs is 6. The molecule has 0 aromatic heterocycles. The average molecular weight is 880 g/mol. The summed E-state index contributed by atoms with van der Waals surface area (Å²) < 4.78 is 18.8. The van der Waals surface area contributed by atoms with Crippen LogP contribution in [0.25, 0.3) is 0 Å². The van der Waals surface area contributed by atoms with Crippen LogP contribution in [0.4, 0.5) is 0 Å². The normalized spacial score (nSPS) is 36.5. The molecule has 298 valence electrons. The first kappa shape index (κ1) is 40.9. The lowest BCUT2D eigenvalue weighted by Gasteiger charge is -2.50. The number of rotatable bonds is 2. The summed E-state index contributed by atoms with van der Waals surface area (Å²) in [5.41, 5.74) is 13.6. The van der Waals surface area contributed by atoms with Crippen LogP contribution in [0.5, 0.6) is 0 Å². The predicted molar refractivity (Wildman–Crippen MR) is 232 cm³/mol. The molecule has 3 aliphatic heterocycles. The van der Waals surface area contributed by atoms with Gasteiger partial charge in [0.05, 0.1) is 29.3 Å². The zero-order chi connectivity index (χ0) is 39.5. The lowest BCUT2D eigenvalue weighted by molar-refractivity contribution is -0.0729. The van der Waals surface area contributed by atoms with Gasteiger partial charge in [0.2, 0.25) is 0 Å². The lowest BCUT2D eigenvalue weighted by Crippen LogP contribution is -2.49. The second-order valence-corrected chi connectivity index (χ2v) is 19.7. The van der Waals surface area contributed by atoms with E-state index in [2.05, 4.69) is 110 Å². The van der Waals surface area contributed by atoms with Gasteiger partial charge in [0.15, 0.2) is 11.3 Å². The van der Waals surface area contributed by atoms with Gasteiger partial charge in [0.25, 0.3) is 0 Å². The summed E-state index contributed by atoms with van der Waals surface area (Å²) in [6.45, 7) is 17.5. The molecule has 4 unspecified atom stereocenters. The molecule has 2 aromatic rings. The fourth-order valence-electron chi connectivity index (χ4n) is 12.1. The smallest absolute Gasteiger partial charge is 0.184 e. The Balaban J connectivity index is 0.000000150. The van der Waals surface area contributed by atoms with Crippen molar-refractivity contribution in [2.24, 2.45) is 60.2 Å². The molecule has 2 aromatic carbocycles. The third kappa shape index (κ3) is 6.85. The van der Waals surface area contributed by atoms with Gasteiger partial charge >= 0.3 is 0 Å². The van der Waals surface area contributed by atoms with Crippen molar-refractivity contribution in [1.82, 2.24) is 0 Å². The van der Waals surface area contributed by atoms with E-state index < -0.39 is 11.3 Å². The van der Waals surface area contributed by atoms with Gasteiger partial charge in [-0.25, -0.2) is 4.99 Å². The Kier molecular flexibility index (Phi) is 11.5. The van der Waals surface area contributed by atoms with Gasteiger partial charge < -0.3 is 19.9 Å². The van der Waals surface area contributed by atoms with Gasteiger partial charge in [0.1, 0.15) is 5.84 Å². The highest BCUT2D eigenvalue weighted by Crippen LogP contribution is 2.65. The van der Waals surface area contributed by atoms with Gasteiger partial charge in [-0.2, -0.15) is 0 Å². The number of benzene rings is 2. The number of amidine groups is 1. The van der Waals surface area contributed by atoms with Gasteiger partial charge in [-0.1, -0.05) is 71.7 Å². The first-order valence-corrected chi connectivity index (χ1v) is 22.0. The van der Waals surface area contributed by atoms with Crippen molar-refractivity contribution in [2.45, 2.75) is 123 Å². The van der Waals surface area contributed by atoms with E-state index in [4.69, 9.17) is 39.9 Å². The standard InChI is InChI=1S/C21H27BrN2O.C20H26BrN3O.C4H8O/c1-12-9-20(10-13(2)19(12)25-5)11-16-6-7-17(22)8-18(16)21(20)23-14(3)15(4)24-21;1-11-8-19(9-12(2)17(11)25-4)10-14-5-6-15(21)7-16(14)20(19)23-13(3)18(22)24-20;1-2-4-5-3-1/h6-8,12-13,19H,9-11H2,1-5H3;5-7,11-12,17H,8-10H2,1-4H3,(H2,22,24);1-4H2/t12-,13+,19?,20?;11-,12+,17?,19?,20-;/m.0./s1. The molecule has 2 N–H and O–H groups in total. The third-order valence-electron chi connectivity index (χ3n) is 14.1. The van der Waals surface area contributed by atoms with E-state index in [1.165, 1.54) is 35.1 Å². The van der Waals surface area contributed by atoms with Gasteiger partial charge in [-0.05, 0) is 131 Å². The molecule has 0 bridgehead atoms. The first-order chi connectivity index (χ1) is 26.1. The molecule has 0 radical (unpaired) electrons. The number of halogens is 2. The van der Waals surface area contributed by atoms with Crippen LogP contribution in [0.15, 0.2) is 65.3 Å². The van der Waals surface area contributed by atoms with Crippen molar-refractivity contribution in [3.8, 4) is 0 Å². The Morgan fingerprint density at radius 1 is 0.618 bits per heavy atom. The minimum atomic E-state index is -0.568. The summed E-state index contributed by atoms with van der Waals surface area (Å²) in [5, 5.41) is 0. The zero-order valence-electron chi connectivity index (χ0n) is 34.3. The first-order valence-electron chi connectivity index (χ1n) is 20.4. The van der Waals surface area contributed by atoms with Crippen LogP contribution in [-0.4, -0.2) is 62.6 Å². The Morgan fingerprint density at radius 2 is 1.00 bits per heavy atom. The van der Waals surface area contributed by atoms with Crippen molar-refractivity contribution in [1.29, 1.82) is 0 Å². The van der Waals surface area contributed by atoms with E-state index in [-0.39, 0.29) is 10.8 Å². The molecule has 9 rings (SSSR count). The van der Waals surface area contributed by atoms with Gasteiger partial charge in [-0.3, -0.25) is 15.0 Å². The molecule has 4 aliphatic carbocycles. The SMILES string of the molecule is C1CCOC1.COC1[C@H](C)CC2(Cc3ccc(Br)cc3C23N=C(C)C(C)=N3)C[C@@H]1C.COC1[C@H](C)CC2(Cc3ccc(Br)cc3[C@@]23N=C(C)C(N)=N3)C[C@@H]1C. The number of nitrogens with zero attached hydrogens (tertiary/aromatic N) is 4. The van der Waals surface area contributed by atoms with Crippen LogP contribution in [0.1, 0.15) is 109 Å². The van der Waals surface area contributed by atoms with E-state index >= 15 is 0 Å². The van der Waals surface area contributed by atoms with E-state index in [0.29, 0.717) is 41.7 Å². The summed E-state index contributed by atoms with van der Waals surface area (Å²) >= 11 is 7.30. The minimum Gasteiger partial charge on any atom is -0.382 e. The summed E-state index contributed by atoms with van der Waals surface area (Å²) in [7, 11) is 3.69. The van der Waals surface area contributed by atoms with E-state index in [1.54, 1.807) is 0 Å². The molecule has 10 heteroatoms. The zero-order valence-corrected chi connectivity index (χ0v) is 37.5. The monoisotopic (exact) mass is 877 g/mol. The topological polar surface area (TPSA) is 103 Å². The maximum atomic E-state index is 6.22. The quantitative estimate of drug-likeness (QED) is 0.325. The second kappa shape index (κ2) is 15.5. The van der Waals surface area contributed by atoms with Crippen molar-refractivity contribution >= 4 is 54.8 Å². The van der Waals surface area contributed by atoms with Crippen LogP contribution in [0, 0.1) is 34.5 Å². The number of hydrogen-bond acceptors (Lipinski definition) is 8. The lowest BCUT2D eigenvalue weighted by atomic mass is 9.59. The van der Waals surface area contributed by atoms with Gasteiger partial charge in [0, 0.05) is 58.3 Å². The van der Waals surface area contributed by atoms with E-state index in [0.717, 1.165) is 77.8 Å². The molecular formula is C45H61Br2N5O3. The van der Waals surface area contributed by atoms with Crippen LogP contribution in [0.3, 0.4) is 0 Å². The molecule has 1 saturated heterocycles. The molecule has 3 fully saturated rings. The average Bonchev–Trinajstić information content (AvgIpc) is 3.94. The van der Waals surface area contributed by atoms with Crippen LogP contribution in [0.2, 0.25) is 0 Å². The fourth-order valence-corrected chi connectivity index (χ4v) is 12.8. The molecule has 3 heterocycles. The van der Waals surface area contributed by atoms with Crippen molar-refractivity contribution in [3.63, 3.8) is 0 Å². The van der Waals surface area contributed by atoms with Crippen LogP contribution in [-0.2, 0) is 38.4 Å². The summed E-state index contributed by atoms with van der Waals surface area (Å²) in [5.74, 6) is 2.54. The highest BCUT2D eigenvalue weighted by molar-refractivity contribution is 9.10. The molecule has 2 saturated carbocycles. The maximum absolute atomic E-state index is 6.22. The molecular weight excluding hydrogens is 818 g/mol. The molecule has 55 heavy (non-hydrogen) atoms. The predicted octanol–water partition coefficient (Wildman–Crippen LogP) is 10.0. The molecule has 4 spiro atoms. The molecule has 9 atom stereocenters. The van der Waals surface area contributed by atoms with E-state index in [1.807, 2.05) is 21.1 Å². The van der Waals surface area contributed by atoms with Crippen LogP contribution < -0.4 is 5.73 Å². The molecule has 8 nitrogen and oxygen atoms in total. The van der Waals surface area contributed by atoms with Crippen molar-refractivity contribution in [3.05, 3.63) is 67.6 Å². The third-order valence-corrected chi connectivity index (χ3v) is 15.0. The number of aliphatic imine (C=N–C) groups is 4. The minimum absolute atomic E-state index is 0.0215. The van der Waals surface area contributed by atoms with E-state index in [9.17, 15) is 0 Å². The Labute approximate surface area is 345 Å². The van der Waals surface area contributed by atoms with Crippen LogP contribution >= 0.6 is 31.9 Å². The number of hydrogen-bond donors (Lipinski definition) is 1. The summed E-state index contributed by atoms with van der Waals surface area (Å²) in [6, 6.07) is 13.2. The number of ether oxygens (including phenoxy) is 3. The Bertz CT molecular complexity index is 1720.